The molecule has 0 saturated carbocycles. The maximum absolute atomic E-state index is 12.9. The van der Waals surface area contributed by atoms with E-state index in [-0.39, 0.29) is 5.91 Å². The van der Waals surface area contributed by atoms with Gasteiger partial charge in [0.2, 0.25) is 0 Å². The number of hydrazone groups is 1. The number of hydrogen-bond donors (Lipinski definition) is 0. The first-order chi connectivity index (χ1) is 14.5. The van der Waals surface area contributed by atoms with Gasteiger partial charge in [0.05, 0.1) is 22.5 Å². The van der Waals surface area contributed by atoms with E-state index < -0.39 is 5.97 Å². The summed E-state index contributed by atoms with van der Waals surface area (Å²) in [5.74, 6) is -0.350. The number of anilines is 1. The molecule has 0 bridgehead atoms. The van der Waals surface area contributed by atoms with E-state index in [4.69, 9.17) is 4.74 Å². The van der Waals surface area contributed by atoms with E-state index >= 15 is 0 Å². The summed E-state index contributed by atoms with van der Waals surface area (Å²) in [4.78, 5) is 25.6. The highest BCUT2D eigenvalue weighted by Crippen LogP contribution is 2.28. The highest BCUT2D eigenvalue weighted by Gasteiger charge is 2.29. The lowest BCUT2D eigenvalue weighted by molar-refractivity contribution is -0.114. The minimum Gasteiger partial charge on any atom is -0.422 e. The molecule has 0 N–H and O–H groups in total. The molecule has 0 radical (unpaired) electrons. The van der Waals surface area contributed by atoms with Gasteiger partial charge >= 0.3 is 5.97 Å². The fourth-order valence-corrected chi connectivity index (χ4v) is 3.50. The largest absolute Gasteiger partial charge is 0.422 e. The quantitative estimate of drug-likeness (QED) is 0.294. The maximum atomic E-state index is 12.9. The number of nitrogens with zero attached hydrogens (tertiary/aromatic N) is 2. The molecular weight excluding hydrogens is 444 g/mol. The van der Waals surface area contributed by atoms with Crippen LogP contribution in [0.15, 0.2) is 94.0 Å². The summed E-state index contributed by atoms with van der Waals surface area (Å²) in [6, 6.07) is 23.4. The van der Waals surface area contributed by atoms with Crippen molar-refractivity contribution in [2.45, 2.75) is 6.92 Å². The van der Waals surface area contributed by atoms with Gasteiger partial charge in [0, 0.05) is 10.0 Å². The lowest BCUT2D eigenvalue weighted by atomic mass is 10.1. The monoisotopic (exact) mass is 460 g/mol. The lowest BCUT2D eigenvalue weighted by Gasteiger charge is -2.11. The molecule has 6 heteroatoms. The number of para-hydroxylation sites is 2. The van der Waals surface area contributed by atoms with E-state index in [9.17, 15) is 9.59 Å². The Balaban J connectivity index is 1.64. The van der Waals surface area contributed by atoms with Crippen molar-refractivity contribution < 1.29 is 14.3 Å². The molecule has 3 aromatic carbocycles. The second kappa shape index (κ2) is 8.47. The van der Waals surface area contributed by atoms with Crippen molar-refractivity contribution in [3.63, 3.8) is 0 Å². The molecule has 0 saturated heterocycles. The number of carbonyl (C=O) groups excluding carboxylic acids is 2. The number of benzene rings is 3. The number of carbonyl (C=O) groups is 2. The number of hydrogen-bond acceptors (Lipinski definition) is 4. The molecule has 3 aromatic rings. The van der Waals surface area contributed by atoms with Gasteiger partial charge in [-0.1, -0.05) is 48.5 Å². The highest BCUT2D eigenvalue weighted by molar-refractivity contribution is 9.10. The number of halogens is 1. The molecule has 30 heavy (non-hydrogen) atoms. The molecular formula is C24H17BrN2O3. The van der Waals surface area contributed by atoms with E-state index in [0.717, 1.165) is 0 Å². The van der Waals surface area contributed by atoms with Gasteiger partial charge in [-0.2, -0.15) is 10.1 Å². The Morgan fingerprint density at radius 3 is 2.40 bits per heavy atom. The zero-order valence-corrected chi connectivity index (χ0v) is 17.7. The summed E-state index contributed by atoms with van der Waals surface area (Å²) in [6.07, 6.45) is 1.70. The SMILES string of the molecule is CC1=NN(c2ccccc2)C(=O)C1=Cc1ccccc1OC(=O)c1ccccc1Br. The van der Waals surface area contributed by atoms with E-state index in [1.165, 1.54) is 5.01 Å². The van der Waals surface area contributed by atoms with E-state index in [2.05, 4.69) is 21.0 Å². The molecule has 1 aliphatic rings. The first-order valence-electron chi connectivity index (χ1n) is 9.27. The number of amides is 1. The summed E-state index contributed by atoms with van der Waals surface area (Å²) < 4.78 is 6.28. The van der Waals surface area contributed by atoms with Gasteiger partial charge in [-0.25, -0.2) is 4.79 Å². The van der Waals surface area contributed by atoms with Crippen molar-refractivity contribution >= 4 is 45.3 Å². The Hall–Kier alpha value is -3.51. The topological polar surface area (TPSA) is 59.0 Å². The molecule has 148 valence electrons. The summed E-state index contributed by atoms with van der Waals surface area (Å²) in [6.45, 7) is 1.78. The Bertz CT molecular complexity index is 1190. The normalized spacial score (nSPS) is 14.7. The predicted octanol–water partition coefficient (Wildman–Crippen LogP) is 5.47. The Morgan fingerprint density at radius 2 is 1.63 bits per heavy atom. The Labute approximate surface area is 182 Å². The van der Waals surface area contributed by atoms with Crippen LogP contribution in [0.2, 0.25) is 0 Å². The van der Waals surface area contributed by atoms with E-state index in [1.54, 1.807) is 49.4 Å². The summed E-state index contributed by atoms with van der Waals surface area (Å²) in [7, 11) is 0. The van der Waals surface area contributed by atoms with E-state index in [0.29, 0.717) is 38.3 Å². The number of ether oxygens (including phenoxy) is 1. The summed E-state index contributed by atoms with van der Waals surface area (Å²) >= 11 is 3.37. The van der Waals surface area contributed by atoms with Crippen molar-refractivity contribution in [1.29, 1.82) is 0 Å². The molecule has 0 atom stereocenters. The Morgan fingerprint density at radius 1 is 0.967 bits per heavy atom. The van der Waals surface area contributed by atoms with Gasteiger partial charge in [0.15, 0.2) is 0 Å². The molecule has 1 amide bonds. The lowest BCUT2D eigenvalue weighted by Crippen LogP contribution is -2.21. The second-order valence-electron chi connectivity index (χ2n) is 6.60. The third kappa shape index (κ3) is 3.95. The number of esters is 1. The standard InChI is InChI=1S/C24H17BrN2O3/c1-16-20(23(28)27(26-16)18-10-3-2-4-11-18)15-17-9-5-8-14-22(17)30-24(29)19-12-6-7-13-21(19)25/h2-15H,1H3. The van der Waals surface area contributed by atoms with Crippen LogP contribution in [-0.4, -0.2) is 17.6 Å². The van der Waals surface area contributed by atoms with Crippen molar-refractivity contribution in [3.05, 3.63) is 100 Å². The minimum absolute atomic E-state index is 0.231. The maximum Gasteiger partial charge on any atom is 0.344 e. The third-order valence-corrected chi connectivity index (χ3v) is 5.27. The molecule has 4 rings (SSSR count). The van der Waals surface area contributed by atoms with Gasteiger partial charge in [-0.15, -0.1) is 0 Å². The molecule has 0 unspecified atom stereocenters. The summed E-state index contributed by atoms with van der Waals surface area (Å²) in [5.41, 5.74) is 2.77. The molecule has 1 heterocycles. The molecule has 0 spiro atoms. The van der Waals surface area contributed by atoms with Gasteiger partial charge in [-0.05, 0) is 59.3 Å². The minimum atomic E-state index is -0.484. The Kier molecular flexibility index (Phi) is 5.59. The predicted molar refractivity (Wildman–Crippen MR) is 121 cm³/mol. The molecule has 0 fully saturated rings. The van der Waals surface area contributed by atoms with Crippen LogP contribution in [0.5, 0.6) is 5.75 Å². The van der Waals surface area contributed by atoms with Crippen LogP contribution >= 0.6 is 15.9 Å². The zero-order valence-electron chi connectivity index (χ0n) is 16.1. The zero-order chi connectivity index (χ0) is 21.1. The first kappa shape index (κ1) is 19.8. The average Bonchev–Trinajstić information content (AvgIpc) is 3.04. The highest BCUT2D eigenvalue weighted by atomic mass is 79.9. The van der Waals surface area contributed by atoms with Gasteiger partial charge in [-0.3, -0.25) is 4.79 Å². The van der Waals surface area contributed by atoms with Gasteiger partial charge < -0.3 is 4.74 Å². The van der Waals surface area contributed by atoms with Crippen LogP contribution in [0, 0.1) is 0 Å². The first-order valence-corrected chi connectivity index (χ1v) is 10.1. The number of rotatable bonds is 4. The second-order valence-corrected chi connectivity index (χ2v) is 7.46. The van der Waals surface area contributed by atoms with Crippen molar-refractivity contribution in [2.24, 2.45) is 5.10 Å². The van der Waals surface area contributed by atoms with Crippen LogP contribution in [0.25, 0.3) is 6.08 Å². The molecule has 0 aliphatic carbocycles. The van der Waals surface area contributed by atoms with Crippen LogP contribution in [0.1, 0.15) is 22.8 Å². The molecule has 5 nitrogen and oxygen atoms in total. The van der Waals surface area contributed by atoms with Crippen LogP contribution in [0.3, 0.4) is 0 Å². The summed E-state index contributed by atoms with van der Waals surface area (Å²) in [5, 5.41) is 5.76. The van der Waals surface area contributed by atoms with Crippen LogP contribution in [0.4, 0.5) is 5.69 Å². The van der Waals surface area contributed by atoms with Crippen LogP contribution < -0.4 is 9.75 Å². The fourth-order valence-electron chi connectivity index (χ4n) is 3.06. The molecule has 1 aliphatic heterocycles. The third-order valence-electron chi connectivity index (χ3n) is 4.58. The van der Waals surface area contributed by atoms with E-state index in [1.807, 2.05) is 42.5 Å². The van der Waals surface area contributed by atoms with Gasteiger partial charge in [0.1, 0.15) is 5.75 Å². The smallest absolute Gasteiger partial charge is 0.344 e. The fraction of sp³-hybridized carbons (Fsp3) is 0.0417. The van der Waals surface area contributed by atoms with Crippen LogP contribution in [-0.2, 0) is 4.79 Å². The van der Waals surface area contributed by atoms with Crippen molar-refractivity contribution in [2.75, 3.05) is 5.01 Å². The molecule has 0 aromatic heterocycles. The van der Waals surface area contributed by atoms with Crippen molar-refractivity contribution in [1.82, 2.24) is 0 Å². The van der Waals surface area contributed by atoms with Gasteiger partial charge in [0.25, 0.3) is 5.91 Å². The van der Waals surface area contributed by atoms with Crippen molar-refractivity contribution in [3.8, 4) is 5.75 Å². The average molecular weight is 461 g/mol.